The molecule has 0 saturated carbocycles. The van der Waals surface area contributed by atoms with Crippen LogP contribution in [0, 0.1) is 0 Å². The highest BCUT2D eigenvalue weighted by molar-refractivity contribution is 5.95. The molecule has 0 atom stereocenters. The maximum absolute atomic E-state index is 12.2. The third kappa shape index (κ3) is 5.76. The predicted molar refractivity (Wildman–Crippen MR) is 116 cm³/mol. The monoisotopic (exact) mass is 422 g/mol. The molecule has 3 aromatic rings. The van der Waals surface area contributed by atoms with Crippen molar-refractivity contribution in [2.45, 2.75) is 32.6 Å². The lowest BCUT2D eigenvalue weighted by molar-refractivity contribution is -0.116. The van der Waals surface area contributed by atoms with E-state index in [2.05, 4.69) is 41.4 Å². The van der Waals surface area contributed by atoms with Gasteiger partial charge in [-0.1, -0.05) is 43.3 Å². The van der Waals surface area contributed by atoms with Crippen molar-refractivity contribution < 1.29 is 18.9 Å². The Morgan fingerprint density at radius 2 is 1.77 bits per heavy atom. The summed E-state index contributed by atoms with van der Waals surface area (Å²) in [4.78, 5) is 33.5. The molecule has 0 spiro atoms. The summed E-state index contributed by atoms with van der Waals surface area (Å²) in [7, 11) is 2.95. The van der Waals surface area contributed by atoms with E-state index in [9.17, 15) is 9.59 Å². The normalized spacial score (nSPS) is 10.9. The van der Waals surface area contributed by atoms with Gasteiger partial charge in [0.15, 0.2) is 0 Å². The van der Waals surface area contributed by atoms with Gasteiger partial charge in [0.25, 0.3) is 5.91 Å². The maximum atomic E-state index is 12.2. The fourth-order valence-electron chi connectivity index (χ4n) is 2.90. The zero-order valence-electron chi connectivity index (χ0n) is 18.1. The zero-order valence-corrected chi connectivity index (χ0v) is 18.1. The first kappa shape index (κ1) is 22.2. The highest BCUT2D eigenvalue weighted by Gasteiger charge is 2.13. The van der Waals surface area contributed by atoms with Crippen LogP contribution in [0.5, 0.6) is 0 Å². The third-order valence-corrected chi connectivity index (χ3v) is 4.85. The van der Waals surface area contributed by atoms with Crippen molar-refractivity contribution >= 4 is 17.5 Å². The van der Waals surface area contributed by atoms with Gasteiger partial charge in [-0.25, -0.2) is 5.06 Å². The number of hydrogen-bond donors (Lipinski definition) is 1. The van der Waals surface area contributed by atoms with Crippen LogP contribution in [0.15, 0.2) is 53.1 Å². The topological polar surface area (TPSA) is 97.6 Å². The van der Waals surface area contributed by atoms with Gasteiger partial charge >= 0.3 is 0 Å². The van der Waals surface area contributed by atoms with Crippen LogP contribution in [-0.4, -0.2) is 41.2 Å². The molecule has 162 valence electrons. The number of nitrogens with one attached hydrogen (secondary N) is 1. The average molecular weight is 422 g/mol. The second kappa shape index (κ2) is 9.99. The van der Waals surface area contributed by atoms with Gasteiger partial charge in [-0.3, -0.25) is 14.4 Å². The first-order valence-corrected chi connectivity index (χ1v) is 10.0. The number of aromatic nitrogens is 2. The SMILES string of the molecule is CON(C)C(=O)c1ccc(NC(=O)CCc2nc(-c3ccc(C(C)C)cc3)no2)cc1. The molecule has 0 fully saturated rings. The first-order chi connectivity index (χ1) is 14.9. The van der Waals surface area contributed by atoms with E-state index in [4.69, 9.17) is 9.36 Å². The van der Waals surface area contributed by atoms with Gasteiger partial charge in [-0.15, -0.1) is 0 Å². The lowest BCUT2D eigenvalue weighted by atomic mass is 10.0. The fraction of sp³-hybridized carbons (Fsp3) is 0.304. The number of aryl methyl sites for hydroxylation is 1. The lowest BCUT2D eigenvalue weighted by Crippen LogP contribution is -2.25. The lowest BCUT2D eigenvalue weighted by Gasteiger charge is -2.13. The van der Waals surface area contributed by atoms with Gasteiger partial charge in [0.2, 0.25) is 17.6 Å². The Morgan fingerprint density at radius 1 is 1.10 bits per heavy atom. The van der Waals surface area contributed by atoms with Gasteiger partial charge in [0, 0.05) is 36.7 Å². The molecular weight excluding hydrogens is 396 g/mol. The number of rotatable bonds is 8. The molecule has 3 rings (SSSR count). The maximum Gasteiger partial charge on any atom is 0.277 e. The van der Waals surface area contributed by atoms with Crippen LogP contribution in [0.2, 0.25) is 0 Å². The van der Waals surface area contributed by atoms with Gasteiger partial charge in [-0.05, 0) is 35.7 Å². The van der Waals surface area contributed by atoms with Gasteiger partial charge in [0.05, 0.1) is 7.11 Å². The number of carbonyl (C=O) groups is 2. The Labute approximate surface area is 181 Å². The van der Waals surface area contributed by atoms with Crippen LogP contribution in [-0.2, 0) is 16.1 Å². The number of carbonyl (C=O) groups excluding carboxylic acids is 2. The van der Waals surface area contributed by atoms with Crippen molar-refractivity contribution in [1.29, 1.82) is 0 Å². The minimum Gasteiger partial charge on any atom is -0.339 e. The summed E-state index contributed by atoms with van der Waals surface area (Å²) in [6.07, 6.45) is 0.527. The Hall–Kier alpha value is -3.52. The van der Waals surface area contributed by atoms with E-state index in [1.54, 1.807) is 24.3 Å². The molecule has 0 radical (unpaired) electrons. The smallest absolute Gasteiger partial charge is 0.277 e. The van der Waals surface area contributed by atoms with Crippen molar-refractivity contribution in [3.63, 3.8) is 0 Å². The molecule has 0 bridgehead atoms. The molecule has 2 amide bonds. The van der Waals surface area contributed by atoms with E-state index in [1.165, 1.54) is 19.7 Å². The summed E-state index contributed by atoms with van der Waals surface area (Å²) in [6, 6.07) is 14.6. The molecule has 0 aliphatic heterocycles. The van der Waals surface area contributed by atoms with Crippen molar-refractivity contribution in [2.24, 2.45) is 0 Å². The van der Waals surface area contributed by atoms with E-state index < -0.39 is 0 Å². The van der Waals surface area contributed by atoms with Gasteiger partial charge in [0.1, 0.15) is 0 Å². The number of hydrogen-bond acceptors (Lipinski definition) is 6. The average Bonchev–Trinajstić information content (AvgIpc) is 3.26. The minimum absolute atomic E-state index is 0.186. The van der Waals surface area contributed by atoms with Crippen LogP contribution < -0.4 is 5.32 Å². The molecule has 0 unspecified atom stereocenters. The molecule has 1 aromatic heterocycles. The van der Waals surface area contributed by atoms with Gasteiger partial charge < -0.3 is 9.84 Å². The molecule has 1 N–H and O–H groups in total. The Morgan fingerprint density at radius 3 is 2.39 bits per heavy atom. The quantitative estimate of drug-likeness (QED) is 0.550. The van der Waals surface area contributed by atoms with E-state index in [0.717, 1.165) is 10.6 Å². The van der Waals surface area contributed by atoms with E-state index >= 15 is 0 Å². The van der Waals surface area contributed by atoms with Crippen molar-refractivity contribution in [3.05, 3.63) is 65.5 Å². The van der Waals surface area contributed by atoms with Crippen LogP contribution in [0.3, 0.4) is 0 Å². The Bertz CT molecular complexity index is 1030. The van der Waals surface area contributed by atoms with E-state index in [1.807, 2.05) is 12.1 Å². The number of anilines is 1. The minimum atomic E-state index is -0.272. The second-order valence-corrected chi connectivity index (χ2v) is 7.40. The highest BCUT2D eigenvalue weighted by Crippen LogP contribution is 2.21. The van der Waals surface area contributed by atoms with Crippen molar-refractivity contribution in [1.82, 2.24) is 15.2 Å². The third-order valence-electron chi connectivity index (χ3n) is 4.85. The molecule has 1 heterocycles. The van der Waals surface area contributed by atoms with E-state index in [-0.39, 0.29) is 18.2 Å². The standard InChI is InChI=1S/C23H26N4O4/c1-15(2)16-5-7-17(8-6-16)22-25-21(31-26-22)14-13-20(28)24-19-11-9-18(10-12-19)23(29)27(3)30-4/h5-12,15H,13-14H2,1-4H3,(H,24,28). The molecule has 31 heavy (non-hydrogen) atoms. The van der Waals surface area contributed by atoms with Crippen molar-refractivity contribution in [3.8, 4) is 11.4 Å². The number of nitrogens with zero attached hydrogens (tertiary/aromatic N) is 3. The van der Waals surface area contributed by atoms with Crippen LogP contribution in [0.25, 0.3) is 11.4 Å². The molecule has 0 aliphatic rings. The van der Waals surface area contributed by atoms with Crippen LogP contribution >= 0.6 is 0 Å². The summed E-state index contributed by atoms with van der Waals surface area (Å²) < 4.78 is 5.28. The molecule has 8 heteroatoms. The largest absolute Gasteiger partial charge is 0.339 e. The Balaban J connectivity index is 1.52. The molecule has 0 saturated heterocycles. The van der Waals surface area contributed by atoms with Crippen LogP contribution in [0.4, 0.5) is 5.69 Å². The zero-order chi connectivity index (χ0) is 22.4. The molecule has 0 aliphatic carbocycles. The molecule has 8 nitrogen and oxygen atoms in total. The van der Waals surface area contributed by atoms with Crippen molar-refractivity contribution in [2.75, 3.05) is 19.5 Å². The molecular formula is C23H26N4O4. The van der Waals surface area contributed by atoms with E-state index in [0.29, 0.717) is 35.3 Å². The summed E-state index contributed by atoms with van der Waals surface area (Å²) in [5.74, 6) is 0.908. The summed E-state index contributed by atoms with van der Waals surface area (Å²) in [5.41, 5.74) is 3.17. The van der Waals surface area contributed by atoms with Crippen LogP contribution in [0.1, 0.15) is 48.0 Å². The molecule has 2 aromatic carbocycles. The highest BCUT2D eigenvalue weighted by atomic mass is 16.7. The van der Waals surface area contributed by atoms with Gasteiger partial charge in [-0.2, -0.15) is 4.98 Å². The fourth-order valence-corrected chi connectivity index (χ4v) is 2.90. The summed E-state index contributed by atoms with van der Waals surface area (Å²) in [5, 5.41) is 7.93. The number of amides is 2. The number of benzene rings is 2. The summed E-state index contributed by atoms with van der Waals surface area (Å²) >= 11 is 0. The predicted octanol–water partition coefficient (Wildman–Crippen LogP) is 4.06. The first-order valence-electron chi connectivity index (χ1n) is 10.0. The number of hydroxylamine groups is 2. The second-order valence-electron chi connectivity index (χ2n) is 7.40. The summed E-state index contributed by atoms with van der Waals surface area (Å²) in [6.45, 7) is 4.28. The Kier molecular flexibility index (Phi) is 7.15.